The maximum absolute atomic E-state index is 12.1. The first-order valence-corrected chi connectivity index (χ1v) is 8.58. The molecular weight excluding hydrogens is 344 g/mol. The van der Waals surface area contributed by atoms with E-state index in [1.165, 1.54) is 4.79 Å². The van der Waals surface area contributed by atoms with E-state index in [9.17, 15) is 4.79 Å². The van der Waals surface area contributed by atoms with Gasteiger partial charge in [-0.25, -0.2) is 4.79 Å². The van der Waals surface area contributed by atoms with Crippen molar-refractivity contribution in [3.8, 4) is 5.88 Å². The third-order valence-electron chi connectivity index (χ3n) is 3.80. The third kappa shape index (κ3) is 4.58. The number of ether oxygens (including phenoxy) is 2. The highest BCUT2D eigenvalue weighted by molar-refractivity contribution is 5.89. The molecule has 0 amide bonds. The van der Waals surface area contributed by atoms with Crippen molar-refractivity contribution in [2.24, 2.45) is 5.10 Å². The van der Waals surface area contributed by atoms with Crippen molar-refractivity contribution in [1.82, 2.24) is 15.1 Å². The Morgan fingerprint density at radius 1 is 1.15 bits per heavy atom. The molecule has 0 aliphatic rings. The number of rotatable bonds is 7. The zero-order valence-corrected chi connectivity index (χ0v) is 15.2. The normalized spacial score (nSPS) is 10.9. The number of hydrogen-bond donors (Lipinski definition) is 0. The van der Waals surface area contributed by atoms with Gasteiger partial charge >= 0.3 is 5.97 Å². The molecule has 0 saturated heterocycles. The summed E-state index contributed by atoms with van der Waals surface area (Å²) in [6.45, 7) is 4.19. The second kappa shape index (κ2) is 8.75. The van der Waals surface area contributed by atoms with Crippen LogP contribution in [0.2, 0.25) is 0 Å². The van der Waals surface area contributed by atoms with Gasteiger partial charge in [0.25, 0.3) is 5.88 Å². The predicted molar refractivity (Wildman–Crippen MR) is 101 cm³/mol. The summed E-state index contributed by atoms with van der Waals surface area (Å²) >= 11 is 0. The molecule has 1 heterocycles. The molecular formula is C20H20N4O3. The average molecular weight is 364 g/mol. The highest BCUT2D eigenvalue weighted by Crippen LogP contribution is 2.19. The van der Waals surface area contributed by atoms with Crippen LogP contribution in [-0.2, 0) is 11.3 Å². The summed E-state index contributed by atoms with van der Waals surface area (Å²) in [5, 5.41) is 12.1. The molecule has 0 atom stereocenters. The first kappa shape index (κ1) is 18.3. The summed E-state index contributed by atoms with van der Waals surface area (Å²) in [6, 6.07) is 17.4. The summed E-state index contributed by atoms with van der Waals surface area (Å²) in [6.07, 6.45) is 1.65. The highest BCUT2D eigenvalue weighted by atomic mass is 16.5. The number of esters is 1. The van der Waals surface area contributed by atoms with Crippen LogP contribution in [0.15, 0.2) is 59.7 Å². The van der Waals surface area contributed by atoms with Crippen molar-refractivity contribution in [1.29, 1.82) is 0 Å². The zero-order chi connectivity index (χ0) is 19.1. The van der Waals surface area contributed by atoms with Crippen LogP contribution in [0, 0.1) is 6.92 Å². The SMILES string of the molecule is CCOC(=O)c1nnn(/N=C/c2ccccc2C)c1OCc1ccccc1. The Morgan fingerprint density at radius 2 is 1.89 bits per heavy atom. The molecule has 0 unspecified atom stereocenters. The molecule has 0 N–H and O–H groups in total. The molecule has 27 heavy (non-hydrogen) atoms. The lowest BCUT2D eigenvalue weighted by Gasteiger charge is -2.07. The lowest BCUT2D eigenvalue weighted by Crippen LogP contribution is -2.09. The minimum Gasteiger partial charge on any atom is -0.470 e. The second-order valence-electron chi connectivity index (χ2n) is 5.73. The van der Waals surface area contributed by atoms with E-state index in [-0.39, 0.29) is 24.8 Å². The molecule has 0 radical (unpaired) electrons. The maximum atomic E-state index is 12.1. The third-order valence-corrected chi connectivity index (χ3v) is 3.80. The largest absolute Gasteiger partial charge is 0.470 e. The second-order valence-corrected chi connectivity index (χ2v) is 5.73. The average Bonchev–Trinajstić information content (AvgIpc) is 3.09. The van der Waals surface area contributed by atoms with E-state index in [4.69, 9.17) is 9.47 Å². The Balaban J connectivity index is 1.88. The van der Waals surface area contributed by atoms with Crippen LogP contribution in [0.1, 0.15) is 34.1 Å². The van der Waals surface area contributed by atoms with Gasteiger partial charge in [-0.1, -0.05) is 59.4 Å². The number of carbonyl (C=O) groups is 1. The number of aryl methyl sites for hydroxylation is 1. The molecule has 7 nitrogen and oxygen atoms in total. The van der Waals surface area contributed by atoms with E-state index in [0.29, 0.717) is 0 Å². The first-order chi connectivity index (χ1) is 13.2. The Kier molecular flexibility index (Phi) is 5.94. The summed E-state index contributed by atoms with van der Waals surface area (Å²) in [5.74, 6) is -0.458. The van der Waals surface area contributed by atoms with Gasteiger partial charge in [0.05, 0.1) is 12.8 Å². The van der Waals surface area contributed by atoms with E-state index >= 15 is 0 Å². The van der Waals surface area contributed by atoms with Crippen LogP contribution in [-0.4, -0.2) is 33.9 Å². The predicted octanol–water partition coefficient (Wildman–Crippen LogP) is 3.22. The Hall–Kier alpha value is -3.48. The first-order valence-electron chi connectivity index (χ1n) is 8.58. The van der Waals surface area contributed by atoms with Gasteiger partial charge in [0, 0.05) is 0 Å². The van der Waals surface area contributed by atoms with Crippen LogP contribution in [0.5, 0.6) is 5.88 Å². The Labute approximate surface area is 157 Å². The van der Waals surface area contributed by atoms with E-state index in [2.05, 4.69) is 15.4 Å². The number of carbonyl (C=O) groups excluding carboxylic acids is 1. The molecule has 1 aromatic heterocycles. The Bertz CT molecular complexity index is 935. The van der Waals surface area contributed by atoms with Crippen molar-refractivity contribution < 1.29 is 14.3 Å². The fourth-order valence-corrected chi connectivity index (χ4v) is 2.37. The lowest BCUT2D eigenvalue weighted by molar-refractivity contribution is 0.0513. The molecule has 3 aromatic rings. The van der Waals surface area contributed by atoms with Crippen molar-refractivity contribution in [2.75, 3.05) is 6.61 Å². The molecule has 138 valence electrons. The topological polar surface area (TPSA) is 78.6 Å². The molecule has 0 saturated carbocycles. The number of aromatic nitrogens is 3. The molecule has 2 aromatic carbocycles. The van der Waals surface area contributed by atoms with Gasteiger partial charge in [-0.05, 0) is 35.8 Å². The van der Waals surface area contributed by atoms with E-state index in [1.54, 1.807) is 13.1 Å². The zero-order valence-electron chi connectivity index (χ0n) is 15.2. The van der Waals surface area contributed by atoms with Crippen molar-refractivity contribution >= 4 is 12.2 Å². The van der Waals surface area contributed by atoms with Gasteiger partial charge in [-0.3, -0.25) is 0 Å². The van der Waals surface area contributed by atoms with Crippen LogP contribution in [0.25, 0.3) is 0 Å². The van der Waals surface area contributed by atoms with E-state index < -0.39 is 5.97 Å². The van der Waals surface area contributed by atoms with Gasteiger partial charge in [0.15, 0.2) is 0 Å². The standard InChI is InChI=1S/C20H20N4O3/c1-3-26-20(25)18-19(27-14-16-10-5-4-6-11-16)24(23-22-18)21-13-17-12-8-7-9-15(17)2/h4-13H,3,14H2,1-2H3/b21-13+. The molecule has 0 aliphatic carbocycles. The minimum atomic E-state index is -0.599. The summed E-state index contributed by atoms with van der Waals surface area (Å²) in [4.78, 5) is 13.3. The number of hydrogen-bond acceptors (Lipinski definition) is 6. The van der Waals surface area contributed by atoms with Crippen molar-refractivity contribution in [3.63, 3.8) is 0 Å². The van der Waals surface area contributed by atoms with Crippen LogP contribution in [0.4, 0.5) is 0 Å². The molecule has 0 bridgehead atoms. The summed E-state index contributed by atoms with van der Waals surface area (Å²) in [7, 11) is 0. The molecule has 0 fully saturated rings. The van der Waals surface area contributed by atoms with Crippen LogP contribution in [0.3, 0.4) is 0 Å². The minimum absolute atomic E-state index is 0.00489. The number of benzene rings is 2. The molecule has 0 aliphatic heterocycles. The lowest BCUT2D eigenvalue weighted by atomic mass is 10.1. The molecule has 3 rings (SSSR count). The fraction of sp³-hybridized carbons (Fsp3) is 0.200. The molecule has 7 heteroatoms. The van der Waals surface area contributed by atoms with Gasteiger partial charge < -0.3 is 9.47 Å². The monoisotopic (exact) mass is 364 g/mol. The van der Waals surface area contributed by atoms with Gasteiger partial charge in [-0.2, -0.15) is 5.10 Å². The maximum Gasteiger partial charge on any atom is 0.364 e. The Morgan fingerprint density at radius 3 is 2.63 bits per heavy atom. The highest BCUT2D eigenvalue weighted by Gasteiger charge is 2.22. The fourth-order valence-electron chi connectivity index (χ4n) is 2.37. The van der Waals surface area contributed by atoms with Crippen molar-refractivity contribution in [2.45, 2.75) is 20.5 Å². The van der Waals surface area contributed by atoms with Gasteiger partial charge in [0.1, 0.15) is 6.61 Å². The number of nitrogens with zero attached hydrogens (tertiary/aromatic N) is 4. The van der Waals surface area contributed by atoms with Crippen molar-refractivity contribution in [3.05, 3.63) is 77.0 Å². The van der Waals surface area contributed by atoms with E-state index in [1.807, 2.05) is 61.5 Å². The van der Waals surface area contributed by atoms with Gasteiger partial charge in [-0.15, -0.1) is 5.10 Å². The smallest absolute Gasteiger partial charge is 0.364 e. The van der Waals surface area contributed by atoms with E-state index in [0.717, 1.165) is 16.7 Å². The summed E-state index contributed by atoms with van der Waals surface area (Å²) in [5.41, 5.74) is 2.94. The van der Waals surface area contributed by atoms with Crippen LogP contribution < -0.4 is 4.74 Å². The quantitative estimate of drug-likeness (QED) is 0.475. The summed E-state index contributed by atoms with van der Waals surface area (Å²) < 4.78 is 10.8. The molecule has 0 spiro atoms. The van der Waals surface area contributed by atoms with Crippen LogP contribution >= 0.6 is 0 Å². The van der Waals surface area contributed by atoms with Gasteiger partial charge in [0.2, 0.25) is 5.69 Å².